The number of nitrogen functional groups attached to an aromatic ring is 1. The van der Waals surface area contributed by atoms with Gasteiger partial charge in [-0.05, 0) is 50.8 Å². The number of nitrogens with zero attached hydrogens (tertiary/aromatic N) is 3. The molecule has 1 aromatic carbocycles. The van der Waals surface area contributed by atoms with Gasteiger partial charge in [0.1, 0.15) is 10.5 Å². The summed E-state index contributed by atoms with van der Waals surface area (Å²) in [5, 5.41) is 15.0. The topological polar surface area (TPSA) is 123 Å². The van der Waals surface area contributed by atoms with E-state index in [1.807, 2.05) is 25.7 Å². The highest BCUT2D eigenvalue weighted by molar-refractivity contribution is 7.90. The number of hydrogen-bond acceptors (Lipinski definition) is 8. The number of halogens is 2. The molecule has 0 radical (unpaired) electrons. The van der Waals surface area contributed by atoms with Gasteiger partial charge in [0.2, 0.25) is 0 Å². The van der Waals surface area contributed by atoms with Crippen molar-refractivity contribution >= 4 is 46.5 Å². The second-order valence-electron chi connectivity index (χ2n) is 8.06. The van der Waals surface area contributed by atoms with Crippen LogP contribution < -0.4 is 15.4 Å². The van der Waals surface area contributed by atoms with E-state index in [1.54, 1.807) is 6.07 Å². The van der Waals surface area contributed by atoms with Gasteiger partial charge in [-0.3, -0.25) is 0 Å². The van der Waals surface area contributed by atoms with Crippen LogP contribution in [0.4, 0.5) is 12.0 Å². The van der Waals surface area contributed by atoms with Gasteiger partial charge >= 0.3 is 6.01 Å². The molecular formula is C18H25Cl2N5O3S. The maximum absolute atomic E-state index is 12.8. The second-order valence-corrected chi connectivity index (χ2v) is 10.9. The summed E-state index contributed by atoms with van der Waals surface area (Å²) in [6, 6.07) is 2.74. The van der Waals surface area contributed by atoms with Gasteiger partial charge in [0, 0.05) is 36.1 Å². The number of benzene rings is 1. The fourth-order valence-corrected chi connectivity index (χ4v) is 4.53. The van der Waals surface area contributed by atoms with Gasteiger partial charge in [0.25, 0.3) is 5.95 Å². The van der Waals surface area contributed by atoms with Crippen molar-refractivity contribution in [2.75, 3.05) is 23.7 Å². The molecule has 4 N–H and O–H groups in total. The summed E-state index contributed by atoms with van der Waals surface area (Å²) in [7, 11) is 0. The minimum absolute atomic E-state index is 0.0242. The van der Waals surface area contributed by atoms with Crippen LogP contribution in [-0.4, -0.2) is 37.6 Å². The number of aromatic hydroxyl groups is 1. The van der Waals surface area contributed by atoms with Crippen LogP contribution in [0.25, 0.3) is 0 Å². The minimum Gasteiger partial charge on any atom is -0.598 e. The fourth-order valence-electron chi connectivity index (χ4n) is 3.29. The monoisotopic (exact) mass is 461 g/mol. The number of nitrogens with two attached hydrogens (primary N) is 1. The van der Waals surface area contributed by atoms with Gasteiger partial charge in [-0.15, -0.1) is 4.72 Å². The molecule has 0 amide bonds. The summed E-state index contributed by atoms with van der Waals surface area (Å²) in [6.45, 7) is 7.03. The molecule has 0 aliphatic carbocycles. The van der Waals surface area contributed by atoms with E-state index in [9.17, 15) is 9.66 Å². The van der Waals surface area contributed by atoms with Crippen LogP contribution in [0.5, 0.6) is 5.75 Å². The molecule has 29 heavy (non-hydrogen) atoms. The molecule has 0 bridgehead atoms. The summed E-state index contributed by atoms with van der Waals surface area (Å²) in [5.41, 5.74) is 6.10. The number of piperidine rings is 1. The molecule has 2 atom stereocenters. The number of aromatic nitrogens is 2. The molecule has 8 nitrogen and oxygen atoms in total. The van der Waals surface area contributed by atoms with E-state index in [1.165, 1.54) is 6.07 Å². The van der Waals surface area contributed by atoms with E-state index in [0.29, 0.717) is 29.6 Å². The quantitative estimate of drug-likeness (QED) is 0.575. The van der Waals surface area contributed by atoms with Crippen molar-refractivity contribution in [1.29, 1.82) is 0 Å². The zero-order chi connectivity index (χ0) is 21.3. The first-order chi connectivity index (χ1) is 13.6. The maximum atomic E-state index is 12.8. The number of phenolic OH excluding ortho intramolecular Hbond substituents is 1. The summed E-state index contributed by atoms with van der Waals surface area (Å²) in [6.07, 6.45) is 1.51. The Labute approximate surface area is 183 Å². The molecule has 1 aliphatic heterocycles. The van der Waals surface area contributed by atoms with E-state index in [0.717, 1.165) is 12.8 Å². The van der Waals surface area contributed by atoms with Crippen LogP contribution in [0, 0.1) is 5.92 Å². The highest BCUT2D eigenvalue weighted by Crippen LogP contribution is 2.40. The van der Waals surface area contributed by atoms with Crippen molar-refractivity contribution in [2.24, 2.45) is 5.92 Å². The molecule has 0 spiro atoms. The van der Waals surface area contributed by atoms with E-state index in [4.69, 9.17) is 33.5 Å². The van der Waals surface area contributed by atoms with Crippen molar-refractivity contribution in [2.45, 2.75) is 44.4 Å². The SMILES string of the molecule is CC(C)(C)[S+]([O-])NC(c1cc(Cl)c(Cl)cc1O)C1CCN(c2noc(N)n2)CC1. The molecular weight excluding hydrogens is 437 g/mol. The van der Waals surface area contributed by atoms with E-state index < -0.39 is 16.1 Å². The van der Waals surface area contributed by atoms with Crippen LogP contribution in [-0.2, 0) is 11.4 Å². The average molecular weight is 462 g/mol. The molecule has 1 aliphatic rings. The Morgan fingerprint density at radius 2 is 1.93 bits per heavy atom. The smallest absolute Gasteiger partial charge is 0.320 e. The highest BCUT2D eigenvalue weighted by Gasteiger charge is 2.37. The van der Waals surface area contributed by atoms with E-state index in [2.05, 4.69) is 14.9 Å². The molecule has 11 heteroatoms. The summed E-state index contributed by atoms with van der Waals surface area (Å²) < 4.78 is 20.4. The van der Waals surface area contributed by atoms with Crippen molar-refractivity contribution in [1.82, 2.24) is 14.9 Å². The van der Waals surface area contributed by atoms with Crippen LogP contribution in [0.3, 0.4) is 0 Å². The van der Waals surface area contributed by atoms with Crippen molar-refractivity contribution in [3.63, 3.8) is 0 Å². The number of rotatable bonds is 5. The summed E-state index contributed by atoms with van der Waals surface area (Å²) >= 11 is 10.9. The second kappa shape index (κ2) is 8.77. The molecule has 160 valence electrons. The summed E-state index contributed by atoms with van der Waals surface area (Å²) in [4.78, 5) is 6.06. The third-order valence-electron chi connectivity index (χ3n) is 4.92. The lowest BCUT2D eigenvalue weighted by atomic mass is 9.85. The predicted octanol–water partition coefficient (Wildman–Crippen LogP) is 3.67. The lowest BCUT2D eigenvalue weighted by Crippen LogP contribution is -2.45. The molecule has 3 rings (SSSR count). The Bertz CT molecular complexity index is 853. The Hall–Kier alpha value is -1.39. The Morgan fingerprint density at radius 3 is 2.48 bits per heavy atom. The van der Waals surface area contributed by atoms with E-state index >= 15 is 0 Å². The van der Waals surface area contributed by atoms with Gasteiger partial charge in [0.15, 0.2) is 0 Å². The maximum Gasteiger partial charge on any atom is 0.320 e. The first kappa shape index (κ1) is 22.3. The molecule has 1 fully saturated rings. The number of anilines is 2. The minimum atomic E-state index is -1.34. The predicted molar refractivity (Wildman–Crippen MR) is 116 cm³/mol. The highest BCUT2D eigenvalue weighted by atomic mass is 35.5. The van der Waals surface area contributed by atoms with Gasteiger partial charge in [-0.25, -0.2) is 0 Å². The first-order valence-electron chi connectivity index (χ1n) is 9.26. The van der Waals surface area contributed by atoms with Gasteiger partial charge in [-0.1, -0.05) is 23.2 Å². The summed E-state index contributed by atoms with van der Waals surface area (Å²) in [5.74, 6) is 0.585. The normalized spacial score (nSPS) is 18.1. The average Bonchev–Trinajstić information content (AvgIpc) is 3.08. The van der Waals surface area contributed by atoms with Gasteiger partial charge in [0.05, 0.1) is 16.1 Å². The molecule has 0 saturated carbocycles. The van der Waals surface area contributed by atoms with Gasteiger partial charge in [-0.2, -0.15) is 4.98 Å². The largest absolute Gasteiger partial charge is 0.598 e. The third-order valence-corrected chi connectivity index (χ3v) is 7.22. The first-order valence-corrected chi connectivity index (χ1v) is 11.2. The lowest BCUT2D eigenvalue weighted by molar-refractivity contribution is 0.314. The van der Waals surface area contributed by atoms with Crippen LogP contribution >= 0.6 is 23.2 Å². The van der Waals surface area contributed by atoms with Gasteiger partial charge < -0.3 is 24.8 Å². The Morgan fingerprint density at radius 1 is 1.31 bits per heavy atom. The Kier molecular flexibility index (Phi) is 6.74. The van der Waals surface area contributed by atoms with Crippen molar-refractivity contribution in [3.05, 3.63) is 27.7 Å². The molecule has 1 saturated heterocycles. The number of nitrogens with one attached hydrogen (secondary N) is 1. The molecule has 2 heterocycles. The van der Waals surface area contributed by atoms with Crippen LogP contribution in [0.2, 0.25) is 10.0 Å². The van der Waals surface area contributed by atoms with Crippen LogP contribution in [0.1, 0.15) is 45.2 Å². The Balaban J connectivity index is 1.83. The van der Waals surface area contributed by atoms with Crippen molar-refractivity contribution < 1.29 is 14.2 Å². The molecule has 1 aromatic heterocycles. The molecule has 2 unspecified atom stereocenters. The fraction of sp³-hybridized carbons (Fsp3) is 0.556. The third kappa shape index (κ3) is 5.21. The lowest BCUT2D eigenvalue weighted by Gasteiger charge is -2.37. The zero-order valence-electron chi connectivity index (χ0n) is 16.5. The van der Waals surface area contributed by atoms with E-state index in [-0.39, 0.29) is 28.7 Å². The molecule has 2 aromatic rings. The zero-order valence-corrected chi connectivity index (χ0v) is 18.8. The number of phenols is 1. The number of hydrogen-bond donors (Lipinski definition) is 3. The standard InChI is InChI=1S/C18H25Cl2N5O3S/c1-18(2,3)29(27)24-15(11-8-12(19)13(20)9-14(11)26)10-4-6-25(7-5-10)17-22-16(21)28-23-17/h8-10,15,24,26H,4-7H2,1-3H3,(H2,21,22,23). The van der Waals surface area contributed by atoms with Crippen molar-refractivity contribution in [3.8, 4) is 5.75 Å². The van der Waals surface area contributed by atoms with Crippen LogP contribution in [0.15, 0.2) is 16.7 Å².